The molecule has 18 heavy (non-hydrogen) atoms. The Kier molecular flexibility index (Phi) is 6.01. The van der Waals surface area contributed by atoms with Gasteiger partial charge in [-0.2, -0.15) is 0 Å². The van der Waals surface area contributed by atoms with E-state index in [-0.39, 0.29) is 17.7 Å². The van der Waals surface area contributed by atoms with E-state index >= 15 is 0 Å². The van der Waals surface area contributed by atoms with Crippen LogP contribution in [0.5, 0.6) is 0 Å². The van der Waals surface area contributed by atoms with Gasteiger partial charge in [-0.25, -0.2) is 0 Å². The topological polar surface area (TPSA) is 72.2 Å². The van der Waals surface area contributed by atoms with Gasteiger partial charge in [-0.05, 0) is 32.4 Å². The van der Waals surface area contributed by atoms with Gasteiger partial charge >= 0.3 is 0 Å². The maximum Gasteiger partial charge on any atom is 0.236 e. The van der Waals surface area contributed by atoms with Crippen LogP contribution in [0.2, 0.25) is 0 Å². The van der Waals surface area contributed by atoms with Crippen LogP contribution in [0, 0.1) is 6.92 Å². The lowest BCUT2D eigenvalue weighted by atomic mass is 10.2. The molecule has 100 valence electrons. The van der Waals surface area contributed by atoms with Crippen molar-refractivity contribution in [2.75, 3.05) is 16.8 Å². The number of rotatable bonds is 6. The number of carbonyl (C=O) groups excluding carboxylic acids is 1. The Morgan fingerprint density at radius 3 is 2.56 bits per heavy atom. The van der Waals surface area contributed by atoms with Crippen LogP contribution in [-0.2, 0) is 15.6 Å². The van der Waals surface area contributed by atoms with E-state index in [1.165, 1.54) is 0 Å². The molecule has 0 heterocycles. The van der Waals surface area contributed by atoms with E-state index in [4.69, 9.17) is 5.73 Å². The summed E-state index contributed by atoms with van der Waals surface area (Å²) in [5, 5.41) is 2.72. The van der Waals surface area contributed by atoms with Gasteiger partial charge in [-0.1, -0.05) is 17.7 Å². The van der Waals surface area contributed by atoms with Crippen LogP contribution >= 0.6 is 0 Å². The molecule has 5 heteroatoms. The lowest BCUT2D eigenvalue weighted by molar-refractivity contribution is -0.113. The van der Waals surface area contributed by atoms with E-state index in [0.29, 0.717) is 12.2 Å². The molecule has 0 aromatic heterocycles. The lowest BCUT2D eigenvalue weighted by Gasteiger charge is -2.07. The van der Waals surface area contributed by atoms with Crippen LogP contribution in [0.15, 0.2) is 24.3 Å². The number of hydrogen-bond donors (Lipinski definition) is 2. The van der Waals surface area contributed by atoms with Crippen molar-refractivity contribution in [1.29, 1.82) is 0 Å². The fourth-order valence-corrected chi connectivity index (χ4v) is 2.51. The highest BCUT2D eigenvalue weighted by molar-refractivity contribution is 7.85. The molecular weight excluding hydrogens is 248 g/mol. The normalized spacial score (nSPS) is 13.9. The SMILES string of the molecule is Cc1ccc(NC(=O)CS(=O)CCC(C)N)cc1. The van der Waals surface area contributed by atoms with Crippen LogP contribution in [0.1, 0.15) is 18.9 Å². The molecular formula is C13H20N2O2S. The van der Waals surface area contributed by atoms with E-state index in [1.807, 2.05) is 38.1 Å². The zero-order valence-electron chi connectivity index (χ0n) is 10.8. The molecule has 1 aromatic carbocycles. The highest BCUT2D eigenvalue weighted by Crippen LogP contribution is 2.08. The molecule has 2 unspecified atom stereocenters. The first kappa shape index (κ1) is 14.9. The predicted octanol–water partition coefficient (Wildman–Crippen LogP) is 1.42. The second-order valence-corrected chi connectivity index (χ2v) is 6.05. The summed E-state index contributed by atoms with van der Waals surface area (Å²) in [6.07, 6.45) is 0.671. The van der Waals surface area contributed by atoms with Crippen LogP contribution < -0.4 is 11.1 Å². The van der Waals surface area contributed by atoms with Crippen molar-refractivity contribution in [3.05, 3.63) is 29.8 Å². The smallest absolute Gasteiger partial charge is 0.236 e. The average Bonchev–Trinajstić information content (AvgIpc) is 2.29. The molecule has 0 saturated carbocycles. The monoisotopic (exact) mass is 268 g/mol. The van der Waals surface area contributed by atoms with Crippen LogP contribution in [0.4, 0.5) is 5.69 Å². The van der Waals surface area contributed by atoms with Gasteiger partial charge in [0.1, 0.15) is 5.75 Å². The van der Waals surface area contributed by atoms with Gasteiger partial charge in [0.25, 0.3) is 0 Å². The summed E-state index contributed by atoms with van der Waals surface area (Å²) in [5.74, 6) is 0.279. The van der Waals surface area contributed by atoms with Crippen molar-refractivity contribution in [3.8, 4) is 0 Å². The first-order valence-electron chi connectivity index (χ1n) is 5.94. The van der Waals surface area contributed by atoms with Gasteiger partial charge in [-0.15, -0.1) is 0 Å². The van der Waals surface area contributed by atoms with Crippen molar-refractivity contribution in [2.24, 2.45) is 5.73 Å². The number of nitrogens with one attached hydrogen (secondary N) is 1. The molecule has 0 aliphatic carbocycles. The number of nitrogens with two attached hydrogens (primary N) is 1. The first-order valence-corrected chi connectivity index (χ1v) is 7.43. The second-order valence-electron chi connectivity index (χ2n) is 4.47. The van der Waals surface area contributed by atoms with E-state index in [0.717, 1.165) is 11.3 Å². The third-order valence-electron chi connectivity index (χ3n) is 2.43. The summed E-state index contributed by atoms with van der Waals surface area (Å²) in [7, 11) is -1.14. The van der Waals surface area contributed by atoms with Crippen molar-refractivity contribution < 1.29 is 9.00 Å². The Balaban J connectivity index is 2.37. The molecule has 0 bridgehead atoms. The maximum atomic E-state index is 11.6. The molecule has 0 spiro atoms. The number of hydrogen-bond acceptors (Lipinski definition) is 3. The molecule has 1 aromatic rings. The highest BCUT2D eigenvalue weighted by atomic mass is 32.2. The Morgan fingerprint density at radius 2 is 2.00 bits per heavy atom. The fourth-order valence-electron chi connectivity index (χ4n) is 1.37. The number of carbonyl (C=O) groups is 1. The minimum Gasteiger partial charge on any atom is -0.328 e. The minimum atomic E-state index is -1.14. The predicted molar refractivity (Wildman–Crippen MR) is 76.0 cm³/mol. The van der Waals surface area contributed by atoms with Crippen molar-refractivity contribution in [1.82, 2.24) is 0 Å². The third kappa shape index (κ3) is 5.93. The molecule has 1 rings (SSSR count). The van der Waals surface area contributed by atoms with Crippen LogP contribution in [0.25, 0.3) is 0 Å². The number of amides is 1. The van der Waals surface area contributed by atoms with Gasteiger partial charge in [0.15, 0.2) is 0 Å². The summed E-state index contributed by atoms with van der Waals surface area (Å²) in [5.41, 5.74) is 7.44. The van der Waals surface area contributed by atoms with E-state index in [2.05, 4.69) is 5.32 Å². The summed E-state index contributed by atoms with van der Waals surface area (Å²) in [6.45, 7) is 3.85. The average molecular weight is 268 g/mol. The first-order chi connectivity index (χ1) is 8.47. The maximum absolute atomic E-state index is 11.6. The molecule has 2 atom stereocenters. The molecule has 0 saturated heterocycles. The zero-order chi connectivity index (χ0) is 13.5. The fraction of sp³-hybridized carbons (Fsp3) is 0.462. The summed E-state index contributed by atoms with van der Waals surface area (Å²) < 4.78 is 11.6. The number of anilines is 1. The molecule has 0 radical (unpaired) electrons. The number of benzene rings is 1. The van der Waals surface area contributed by atoms with Gasteiger partial charge < -0.3 is 11.1 Å². The quantitative estimate of drug-likeness (QED) is 0.819. The van der Waals surface area contributed by atoms with Gasteiger partial charge in [0.2, 0.25) is 5.91 Å². The van der Waals surface area contributed by atoms with Gasteiger partial charge in [0.05, 0.1) is 0 Å². The molecule has 0 aliphatic heterocycles. The van der Waals surface area contributed by atoms with Gasteiger partial charge in [-0.3, -0.25) is 9.00 Å². The van der Waals surface area contributed by atoms with Crippen LogP contribution in [-0.4, -0.2) is 27.7 Å². The highest BCUT2D eigenvalue weighted by Gasteiger charge is 2.09. The minimum absolute atomic E-state index is 0.0223. The second kappa shape index (κ2) is 7.28. The Bertz CT molecular complexity index is 416. The summed E-state index contributed by atoms with van der Waals surface area (Å²) in [4.78, 5) is 11.6. The van der Waals surface area contributed by atoms with Gasteiger partial charge in [0, 0.05) is 28.3 Å². The Hall–Kier alpha value is -1.20. The molecule has 3 N–H and O–H groups in total. The lowest BCUT2D eigenvalue weighted by Crippen LogP contribution is -2.23. The largest absolute Gasteiger partial charge is 0.328 e. The van der Waals surface area contributed by atoms with Crippen molar-refractivity contribution in [2.45, 2.75) is 26.3 Å². The van der Waals surface area contributed by atoms with Crippen LogP contribution in [0.3, 0.4) is 0 Å². The van der Waals surface area contributed by atoms with Crippen molar-refractivity contribution >= 4 is 22.4 Å². The molecule has 0 fully saturated rings. The van der Waals surface area contributed by atoms with E-state index in [9.17, 15) is 9.00 Å². The number of aryl methyl sites for hydroxylation is 1. The summed E-state index contributed by atoms with van der Waals surface area (Å²) in [6, 6.07) is 7.52. The third-order valence-corrected chi connectivity index (χ3v) is 3.70. The molecule has 4 nitrogen and oxygen atoms in total. The zero-order valence-corrected chi connectivity index (χ0v) is 11.6. The summed E-state index contributed by atoms with van der Waals surface area (Å²) >= 11 is 0. The standard InChI is InChI=1S/C13H20N2O2S/c1-10-3-5-12(6-4-10)15-13(16)9-18(17)8-7-11(2)14/h3-6,11H,7-9,14H2,1-2H3,(H,15,16). The Morgan fingerprint density at radius 1 is 1.39 bits per heavy atom. The Labute approximate surface area is 110 Å². The van der Waals surface area contributed by atoms with E-state index < -0.39 is 10.8 Å². The molecule has 1 amide bonds. The molecule has 0 aliphatic rings. The van der Waals surface area contributed by atoms with E-state index in [1.54, 1.807) is 0 Å². The van der Waals surface area contributed by atoms with Crippen molar-refractivity contribution in [3.63, 3.8) is 0 Å².